The first-order chi connectivity index (χ1) is 8.58. The summed E-state index contributed by atoms with van der Waals surface area (Å²) in [7, 11) is -3.31. The van der Waals surface area contributed by atoms with E-state index in [4.69, 9.17) is 5.73 Å². The second-order valence-corrected chi connectivity index (χ2v) is 5.86. The summed E-state index contributed by atoms with van der Waals surface area (Å²) < 4.78 is 24.0. The summed E-state index contributed by atoms with van der Waals surface area (Å²) in [6.07, 6.45) is 0. The molecule has 0 radical (unpaired) electrons. The van der Waals surface area contributed by atoms with Crippen molar-refractivity contribution in [1.82, 2.24) is 0 Å². The van der Waals surface area contributed by atoms with Crippen molar-refractivity contribution in [1.29, 1.82) is 0 Å². The lowest BCUT2D eigenvalue weighted by molar-refractivity contribution is 0.598. The molecule has 2 rings (SSSR count). The average molecular weight is 262 g/mol. The molecule has 0 bridgehead atoms. The molecular weight excluding hydrogens is 248 g/mol. The van der Waals surface area contributed by atoms with Gasteiger partial charge in [-0.25, -0.2) is 8.42 Å². The van der Waals surface area contributed by atoms with Gasteiger partial charge in [0.05, 0.1) is 4.90 Å². The molecule has 0 heterocycles. The van der Waals surface area contributed by atoms with Crippen LogP contribution in [-0.4, -0.2) is 14.3 Å². The molecule has 0 fully saturated rings. The summed E-state index contributed by atoms with van der Waals surface area (Å²) in [5.74, 6) is -0.138. The van der Waals surface area contributed by atoms with Crippen molar-refractivity contribution >= 4 is 21.2 Å². The Morgan fingerprint density at radius 2 is 1.56 bits per heavy atom. The largest absolute Gasteiger partial charge is 0.399 e. The molecule has 0 aliphatic carbocycles. The molecule has 5 heteroatoms. The van der Waals surface area contributed by atoms with Gasteiger partial charge in [-0.2, -0.15) is 0 Å². The van der Waals surface area contributed by atoms with Gasteiger partial charge in [0.15, 0.2) is 9.84 Å². The Labute approximate surface area is 106 Å². The van der Waals surface area contributed by atoms with Gasteiger partial charge in [-0.15, -0.1) is 0 Å². The van der Waals surface area contributed by atoms with Crippen molar-refractivity contribution in [3.05, 3.63) is 54.6 Å². The number of nitrogens with one attached hydrogen (secondary N) is 1. The smallest absolute Gasteiger partial charge is 0.196 e. The Morgan fingerprint density at radius 1 is 0.944 bits per heavy atom. The highest BCUT2D eigenvalue weighted by atomic mass is 32.2. The van der Waals surface area contributed by atoms with Crippen molar-refractivity contribution in [3.63, 3.8) is 0 Å². The number of nitrogens with two attached hydrogens (primary N) is 1. The van der Waals surface area contributed by atoms with E-state index >= 15 is 0 Å². The van der Waals surface area contributed by atoms with Gasteiger partial charge < -0.3 is 11.1 Å². The summed E-state index contributed by atoms with van der Waals surface area (Å²) in [5.41, 5.74) is 6.92. The molecule has 18 heavy (non-hydrogen) atoms. The van der Waals surface area contributed by atoms with E-state index in [1.807, 2.05) is 0 Å². The van der Waals surface area contributed by atoms with Gasteiger partial charge in [-0.1, -0.05) is 18.2 Å². The van der Waals surface area contributed by atoms with E-state index in [0.29, 0.717) is 10.6 Å². The molecule has 4 nitrogen and oxygen atoms in total. The first kappa shape index (κ1) is 12.4. The highest BCUT2D eigenvalue weighted by Gasteiger charge is 2.12. The van der Waals surface area contributed by atoms with Crippen molar-refractivity contribution in [2.75, 3.05) is 16.9 Å². The quantitative estimate of drug-likeness (QED) is 0.828. The lowest BCUT2D eigenvalue weighted by atomic mass is 10.3. The summed E-state index contributed by atoms with van der Waals surface area (Å²) >= 11 is 0. The molecule has 2 aromatic rings. The summed E-state index contributed by atoms with van der Waals surface area (Å²) in [6, 6.07) is 15.3. The lowest BCUT2D eigenvalue weighted by Gasteiger charge is -2.07. The van der Waals surface area contributed by atoms with Crippen LogP contribution in [-0.2, 0) is 9.84 Å². The van der Waals surface area contributed by atoms with E-state index in [2.05, 4.69) is 5.32 Å². The van der Waals surface area contributed by atoms with Gasteiger partial charge in [0.2, 0.25) is 0 Å². The molecule has 0 amide bonds. The van der Waals surface area contributed by atoms with Crippen molar-refractivity contribution in [2.45, 2.75) is 4.90 Å². The Bertz CT molecular complexity index is 607. The third-order valence-electron chi connectivity index (χ3n) is 2.48. The SMILES string of the molecule is Nc1ccc(NCS(=O)(=O)c2ccccc2)cc1. The Morgan fingerprint density at radius 3 is 2.17 bits per heavy atom. The fourth-order valence-corrected chi connectivity index (χ4v) is 2.59. The zero-order chi connectivity index (χ0) is 13.0. The third-order valence-corrected chi connectivity index (χ3v) is 3.99. The highest BCUT2D eigenvalue weighted by Crippen LogP contribution is 2.14. The van der Waals surface area contributed by atoms with Crippen LogP contribution in [0.3, 0.4) is 0 Å². The highest BCUT2D eigenvalue weighted by molar-refractivity contribution is 7.91. The van der Waals surface area contributed by atoms with Crippen LogP contribution in [0.2, 0.25) is 0 Å². The first-order valence-corrected chi connectivity index (χ1v) is 7.10. The topological polar surface area (TPSA) is 72.2 Å². The molecule has 0 saturated heterocycles. The maximum Gasteiger partial charge on any atom is 0.196 e. The van der Waals surface area contributed by atoms with Gasteiger partial charge in [0.1, 0.15) is 5.88 Å². The number of rotatable bonds is 4. The maximum atomic E-state index is 12.0. The fourth-order valence-electron chi connectivity index (χ4n) is 1.49. The number of anilines is 2. The summed E-state index contributed by atoms with van der Waals surface area (Å²) in [4.78, 5) is 0.313. The van der Waals surface area contributed by atoms with Crippen LogP contribution < -0.4 is 11.1 Å². The van der Waals surface area contributed by atoms with Gasteiger partial charge in [-0.3, -0.25) is 0 Å². The van der Waals surface area contributed by atoms with Crippen molar-refractivity contribution in [3.8, 4) is 0 Å². The monoisotopic (exact) mass is 262 g/mol. The molecule has 94 valence electrons. The van der Waals surface area contributed by atoms with Crippen LogP contribution in [0.1, 0.15) is 0 Å². The molecule has 0 aliphatic heterocycles. The molecule has 0 atom stereocenters. The molecule has 0 saturated carbocycles. The number of hydrogen-bond donors (Lipinski definition) is 2. The Hall–Kier alpha value is -2.01. The minimum absolute atomic E-state index is 0.138. The summed E-state index contributed by atoms with van der Waals surface area (Å²) in [5, 5.41) is 2.87. The van der Waals surface area contributed by atoms with E-state index in [-0.39, 0.29) is 5.88 Å². The second kappa shape index (κ2) is 5.10. The van der Waals surface area contributed by atoms with E-state index in [9.17, 15) is 8.42 Å². The fraction of sp³-hybridized carbons (Fsp3) is 0.0769. The van der Waals surface area contributed by atoms with E-state index in [1.165, 1.54) is 0 Å². The Kier molecular flexibility index (Phi) is 3.53. The van der Waals surface area contributed by atoms with Crippen molar-refractivity contribution < 1.29 is 8.42 Å². The van der Waals surface area contributed by atoms with Crippen LogP contribution >= 0.6 is 0 Å². The second-order valence-electron chi connectivity index (χ2n) is 3.87. The van der Waals surface area contributed by atoms with Gasteiger partial charge >= 0.3 is 0 Å². The molecule has 0 aromatic heterocycles. The number of hydrogen-bond acceptors (Lipinski definition) is 4. The average Bonchev–Trinajstić information content (AvgIpc) is 2.39. The minimum Gasteiger partial charge on any atom is -0.399 e. The van der Waals surface area contributed by atoms with Gasteiger partial charge in [0.25, 0.3) is 0 Å². The first-order valence-electron chi connectivity index (χ1n) is 5.45. The molecule has 0 unspecified atom stereocenters. The third kappa shape index (κ3) is 3.01. The Balaban J connectivity index is 2.08. The molecule has 0 spiro atoms. The van der Waals surface area contributed by atoms with Crippen LogP contribution in [0.5, 0.6) is 0 Å². The predicted octanol–water partition coefficient (Wildman–Crippen LogP) is 2.11. The van der Waals surface area contributed by atoms with E-state index in [0.717, 1.165) is 5.69 Å². The van der Waals surface area contributed by atoms with Gasteiger partial charge in [-0.05, 0) is 36.4 Å². The predicted molar refractivity (Wildman–Crippen MR) is 73.0 cm³/mol. The van der Waals surface area contributed by atoms with Crippen LogP contribution in [0.4, 0.5) is 11.4 Å². The number of benzene rings is 2. The number of sulfone groups is 1. The van der Waals surface area contributed by atoms with Crippen LogP contribution in [0.25, 0.3) is 0 Å². The van der Waals surface area contributed by atoms with Crippen LogP contribution in [0.15, 0.2) is 59.5 Å². The minimum atomic E-state index is -3.31. The standard InChI is InChI=1S/C13H14N2O2S/c14-11-6-8-12(9-7-11)15-10-18(16,17)13-4-2-1-3-5-13/h1-9,15H,10,14H2. The summed E-state index contributed by atoms with van der Waals surface area (Å²) in [6.45, 7) is 0. The zero-order valence-electron chi connectivity index (χ0n) is 9.71. The van der Waals surface area contributed by atoms with Gasteiger partial charge in [0, 0.05) is 11.4 Å². The van der Waals surface area contributed by atoms with Crippen LogP contribution in [0, 0.1) is 0 Å². The normalized spacial score (nSPS) is 11.1. The number of nitrogen functional groups attached to an aromatic ring is 1. The lowest BCUT2D eigenvalue weighted by Crippen LogP contribution is -2.14. The molecule has 0 aliphatic rings. The van der Waals surface area contributed by atoms with E-state index in [1.54, 1.807) is 54.6 Å². The molecule has 3 N–H and O–H groups in total. The van der Waals surface area contributed by atoms with E-state index < -0.39 is 9.84 Å². The zero-order valence-corrected chi connectivity index (χ0v) is 10.5. The molecule has 2 aromatic carbocycles. The van der Waals surface area contributed by atoms with Crippen molar-refractivity contribution in [2.24, 2.45) is 0 Å². The molecular formula is C13H14N2O2S. The maximum absolute atomic E-state index is 12.0.